The van der Waals surface area contributed by atoms with Gasteiger partial charge in [-0.15, -0.1) is 0 Å². The zero-order valence-corrected chi connectivity index (χ0v) is 72.9. The van der Waals surface area contributed by atoms with Gasteiger partial charge < -0.3 is 24.8 Å². The fourth-order valence-corrected chi connectivity index (χ4v) is 19.8. The summed E-state index contributed by atoms with van der Waals surface area (Å²) < 4.78 is 62.7. The Morgan fingerprint density at radius 3 is 1.47 bits per heavy atom. The summed E-state index contributed by atoms with van der Waals surface area (Å²) in [5, 5.41) is 47.0. The average Bonchev–Trinajstić information content (AvgIpc) is 1.53. The second-order valence-corrected chi connectivity index (χ2v) is 34.2. The van der Waals surface area contributed by atoms with E-state index in [-0.39, 0.29) is 138 Å². The van der Waals surface area contributed by atoms with Crippen molar-refractivity contribution in [3.8, 4) is 0 Å². The Morgan fingerprint density at radius 1 is 0.470 bits per heavy atom. The number of carbonyl (C=O) groups is 8. The zero-order valence-electron chi connectivity index (χ0n) is 71.2. The van der Waals surface area contributed by atoms with Gasteiger partial charge in [0.2, 0.25) is 25.5 Å². The van der Waals surface area contributed by atoms with Gasteiger partial charge in [-0.1, -0.05) is 218 Å². The van der Waals surface area contributed by atoms with Crippen molar-refractivity contribution in [3.63, 3.8) is 0 Å². The fraction of sp³-hybridized carbons (Fsp3) is 0.232. The molecule has 5 unspecified atom stereocenters. The van der Waals surface area contributed by atoms with Gasteiger partial charge in [-0.2, -0.15) is 10.2 Å². The molecule has 2 spiro atoms. The molecule has 0 saturated heterocycles. The Balaban J connectivity index is 0.000000139. The first kappa shape index (κ1) is 93.3. The molecule has 7 aliphatic heterocycles. The molecule has 33 heteroatoms. The summed E-state index contributed by atoms with van der Waals surface area (Å²) in [7, 11) is 0. The fourth-order valence-electron chi connectivity index (χ4n) is 16.9. The molecule has 5 atom stereocenters. The molecule has 7 aliphatic rings. The van der Waals surface area contributed by atoms with Crippen LogP contribution in [0.15, 0.2) is 289 Å². The predicted molar refractivity (Wildman–Crippen MR) is 496 cm³/mol. The van der Waals surface area contributed by atoms with Crippen molar-refractivity contribution in [2.24, 2.45) is 28.0 Å². The molecule has 11 aromatic rings. The van der Waals surface area contributed by atoms with E-state index in [4.69, 9.17) is 4.74 Å². The second-order valence-electron chi connectivity index (χ2n) is 31.7. The van der Waals surface area contributed by atoms with Crippen LogP contribution in [0.1, 0.15) is 129 Å². The Kier molecular flexibility index (Phi) is 30.1. The maximum absolute atomic E-state index is 14.8. The van der Waals surface area contributed by atoms with Crippen LogP contribution in [0.25, 0.3) is 0 Å². The van der Waals surface area contributed by atoms with Crippen LogP contribution in [-0.4, -0.2) is 149 Å². The molecule has 2 N–H and O–H groups in total. The van der Waals surface area contributed by atoms with Crippen LogP contribution < -0.4 is 30.3 Å². The Morgan fingerprint density at radius 2 is 0.917 bits per heavy atom. The van der Waals surface area contributed by atoms with Gasteiger partial charge in [-0.25, -0.2) is 27.4 Å². The minimum atomic E-state index is -1.27. The number of amides is 2. The highest BCUT2D eigenvalue weighted by Gasteiger charge is 2.58. The lowest BCUT2D eigenvalue weighted by Gasteiger charge is -2.49. The lowest BCUT2D eigenvalue weighted by molar-refractivity contribution is -0.482. The molecule has 0 aliphatic carbocycles. The molecule has 2 amide bonds. The number of ketones is 6. The van der Waals surface area contributed by atoms with Crippen molar-refractivity contribution in [2.45, 2.75) is 55.4 Å². The Labute approximate surface area is 764 Å². The maximum Gasteiger partial charge on any atom is 0.414 e. The van der Waals surface area contributed by atoms with Crippen molar-refractivity contribution in [2.75, 3.05) is 96.9 Å². The quantitative estimate of drug-likeness (QED) is 0.0275. The number of nitrogens with zero attached hydrogens (tertiary/aromatic N) is 10. The number of nitrogens with one attached hydrogen (secondary N) is 2. The van der Waals surface area contributed by atoms with Gasteiger partial charge in [0.1, 0.15) is 49.7 Å². The lowest BCUT2D eigenvalue weighted by atomic mass is 9.83. The monoisotopic (exact) mass is 1820 g/mol. The number of hydrogen-bond acceptors (Lipinski definition) is 24. The van der Waals surface area contributed by atoms with E-state index in [0.29, 0.717) is 82.9 Å². The van der Waals surface area contributed by atoms with Gasteiger partial charge in [0.05, 0.1) is 25.3 Å². The molecule has 0 radical (unpaired) electrons. The zero-order chi connectivity index (χ0) is 93.2. The Bertz CT molecular complexity index is 6250. The molecule has 674 valence electrons. The molecule has 7 heterocycles. The number of carbonyl (C=O) groups excluding carboxylic acids is 8. The maximum atomic E-state index is 14.8. The molecule has 27 nitrogen and oxygen atoms in total. The number of thioether (sulfide) groups is 2. The third-order valence-corrected chi connectivity index (χ3v) is 26.2. The van der Waals surface area contributed by atoms with E-state index in [9.17, 15) is 86.3 Å². The van der Waals surface area contributed by atoms with E-state index < -0.39 is 66.7 Å². The lowest BCUT2D eigenvalue weighted by Crippen LogP contribution is -2.55. The standard InChI is InChI=1S/C28H24F2N4O4S.C26H22F2N4O3S.C19H18N2O4.C17H15NO3.C9H9NO/c1-18(35)34-28(39-27(31-34)22-15-21(29)11-12-24(22)30)20(13-14-33(37)38)16-32(25-10-6-5-9-23(25)28)17-26(36)19-7-3-2-4-8-19;27-19-10-11-22(28)20(14-19)25-29-30-26(36-25)18(12-13-32(34)35)15-31(23-9-5-4-8-21(23)26)16-24(33)17-6-2-1-3-7-17;22-18(14-6-2-1-3-7-14)13-20-12-15(10-11-21(24)25)19(23)16-8-4-5-9-17(16)20;19-16-10-11-18(15-9-5-4-8-14(15)16)17(20)21-12-13-6-2-1-3-7-13;11-9-5-6-10-8-4-2-1-3-7(8)9/h2-12,15,20H,13-14,16-17H2,1H3;1-11,14,18,30H,12-13,15-16H2;1-9,15H,10-13H2;1-9H,10-12H2;1-4,10H,5-6H2. The molecule has 0 bridgehead atoms. The third kappa shape index (κ3) is 21.7. The first-order valence-corrected chi connectivity index (χ1v) is 44.1. The smallest absolute Gasteiger partial charge is 0.414 e. The normalized spacial score (nSPS) is 18.1. The highest BCUT2D eigenvalue weighted by atomic mass is 32.2. The van der Waals surface area contributed by atoms with Gasteiger partial charge >= 0.3 is 6.09 Å². The van der Waals surface area contributed by atoms with Crippen molar-refractivity contribution in [3.05, 3.63) is 394 Å². The molecule has 132 heavy (non-hydrogen) atoms. The first-order chi connectivity index (χ1) is 63.8. The van der Waals surface area contributed by atoms with Crippen LogP contribution in [0.5, 0.6) is 0 Å². The topological polar surface area (TPSA) is 340 Å². The van der Waals surface area contributed by atoms with E-state index >= 15 is 0 Å². The summed E-state index contributed by atoms with van der Waals surface area (Å²) >= 11 is 2.31. The van der Waals surface area contributed by atoms with E-state index in [1.54, 1.807) is 121 Å². The molecular weight excluding hydrogens is 1740 g/mol. The molecule has 0 fully saturated rings. The summed E-state index contributed by atoms with van der Waals surface area (Å²) in [4.78, 5) is 137. The first-order valence-electron chi connectivity index (χ1n) is 42.4. The van der Waals surface area contributed by atoms with E-state index in [0.717, 1.165) is 82.8 Å². The minimum absolute atomic E-state index is 0.0169. The molecule has 0 aromatic heterocycles. The summed E-state index contributed by atoms with van der Waals surface area (Å²) in [6.07, 6.45) is 0.970. The van der Waals surface area contributed by atoms with Crippen LogP contribution in [0, 0.1) is 71.4 Å². The van der Waals surface area contributed by atoms with Crippen molar-refractivity contribution >= 4 is 109 Å². The van der Waals surface area contributed by atoms with E-state index in [1.807, 2.05) is 136 Å². The van der Waals surface area contributed by atoms with Crippen LogP contribution in [0.4, 0.5) is 50.8 Å². The van der Waals surface area contributed by atoms with E-state index in [2.05, 4.69) is 20.9 Å². The number of ether oxygens (including phenoxy) is 1. The van der Waals surface area contributed by atoms with Crippen LogP contribution >= 0.6 is 23.5 Å². The van der Waals surface area contributed by atoms with E-state index in [1.165, 1.54) is 28.6 Å². The number of rotatable bonds is 22. The van der Waals surface area contributed by atoms with Crippen LogP contribution in [0.3, 0.4) is 0 Å². The van der Waals surface area contributed by atoms with Gasteiger partial charge in [0.25, 0.3) is 0 Å². The average molecular weight is 1830 g/mol. The van der Waals surface area contributed by atoms with Crippen molar-refractivity contribution < 1.29 is 75.4 Å². The number of fused-ring (bicyclic) bond motifs is 7. The minimum Gasteiger partial charge on any atom is -0.444 e. The van der Waals surface area contributed by atoms with Crippen molar-refractivity contribution in [1.82, 2.24) is 10.4 Å². The summed E-state index contributed by atoms with van der Waals surface area (Å²) in [5.41, 5.74) is 12.8. The second kappa shape index (κ2) is 42.6. The number of anilines is 5. The van der Waals surface area contributed by atoms with Gasteiger partial charge in [-0.3, -0.25) is 74.2 Å². The third-order valence-electron chi connectivity index (χ3n) is 23.2. The largest absolute Gasteiger partial charge is 0.444 e. The summed E-state index contributed by atoms with van der Waals surface area (Å²) in [6, 6.07) is 79.0. The van der Waals surface area contributed by atoms with Crippen LogP contribution in [0.2, 0.25) is 0 Å². The molecule has 0 saturated carbocycles. The number of nitro groups is 3. The number of benzene rings is 11. The van der Waals surface area contributed by atoms with Crippen LogP contribution in [-0.2, 0) is 25.9 Å². The highest BCUT2D eigenvalue weighted by Crippen LogP contribution is 2.59. The highest BCUT2D eigenvalue weighted by molar-refractivity contribution is 8.15. The summed E-state index contributed by atoms with van der Waals surface area (Å²) in [5.74, 6) is -4.43. The predicted octanol–water partition coefficient (Wildman–Crippen LogP) is 17.8. The number of hydrogen-bond donors (Lipinski definition) is 2. The molecule has 11 aromatic carbocycles. The molecular formula is C99H88F4N12O15S2. The number of Topliss-reactive ketones (excluding diaryl/α,β-unsaturated/α-hetero) is 6. The number of hydrazone groups is 2. The van der Waals surface area contributed by atoms with Gasteiger partial charge in [-0.05, 0) is 90.5 Å². The van der Waals surface area contributed by atoms with Crippen molar-refractivity contribution in [1.29, 1.82) is 0 Å². The SMILES string of the molecule is CC(=O)N1N=C(c2cc(F)ccc2F)SC12c1ccccc1N(CC(=O)c1ccccc1)CC2CC[N+](=O)[O-].O=C(CN1CC(CC[N+](=O)[O-])C(=O)c2ccccc21)c1ccccc1.O=C(CN1CC(CC[N+](=O)[O-])C2(NN=C(c3cc(F)ccc3F)S2)c2ccccc21)c1ccccc1.O=C1CCN(C(=O)OCc2ccccc2)c2ccccc21.O=C1CCNc2ccccc21. The summed E-state index contributed by atoms with van der Waals surface area (Å²) in [6.45, 7) is 2.90. The van der Waals surface area contributed by atoms with Gasteiger partial charge in [0.15, 0.2) is 34.7 Å². The number of halogens is 4. The molecule has 18 rings (SSSR count). The van der Waals surface area contributed by atoms with Gasteiger partial charge in [0, 0.05) is 183 Å². The Hall–Kier alpha value is -14.9. The number of para-hydroxylation sites is 5.